The smallest absolute Gasteiger partial charge is 0.282 e. The number of nitrogens with zero attached hydrogens (tertiary/aromatic N) is 5. The second-order valence-electron chi connectivity index (χ2n) is 10.6. The van der Waals surface area contributed by atoms with Gasteiger partial charge in [-0.05, 0) is 55.9 Å². The zero-order valence-electron chi connectivity index (χ0n) is 21.2. The van der Waals surface area contributed by atoms with Crippen molar-refractivity contribution in [3.05, 3.63) is 34.1 Å². The molecule has 38 heavy (non-hydrogen) atoms. The van der Waals surface area contributed by atoms with Crippen molar-refractivity contribution in [1.82, 2.24) is 29.9 Å². The number of hydrogen-bond acceptors (Lipinski definition) is 7. The van der Waals surface area contributed by atoms with Gasteiger partial charge in [0.2, 0.25) is 11.9 Å². The van der Waals surface area contributed by atoms with Gasteiger partial charge in [-0.15, -0.1) is 21.5 Å². The van der Waals surface area contributed by atoms with Crippen molar-refractivity contribution >= 4 is 39.9 Å². The van der Waals surface area contributed by atoms with E-state index >= 15 is 0 Å². The van der Waals surface area contributed by atoms with Gasteiger partial charge < -0.3 is 16.0 Å². The molecule has 6 rings (SSSR count). The summed E-state index contributed by atoms with van der Waals surface area (Å²) in [6.45, 7) is 2.70. The molecule has 0 aromatic carbocycles. The minimum Gasteiger partial charge on any atom is -0.352 e. The van der Waals surface area contributed by atoms with Crippen LogP contribution in [0, 0.1) is 17.8 Å². The van der Waals surface area contributed by atoms with E-state index in [0.29, 0.717) is 47.1 Å². The minimum atomic E-state index is -2.67. The van der Waals surface area contributed by atoms with E-state index in [0.717, 1.165) is 42.5 Å². The van der Waals surface area contributed by atoms with Crippen molar-refractivity contribution in [2.24, 2.45) is 24.8 Å². The fourth-order valence-electron chi connectivity index (χ4n) is 5.10. The number of halogens is 2. The maximum absolute atomic E-state index is 13.4. The Morgan fingerprint density at radius 2 is 2.05 bits per heavy atom. The van der Waals surface area contributed by atoms with Crippen molar-refractivity contribution in [2.45, 2.75) is 57.9 Å². The third-order valence-corrected chi connectivity index (χ3v) is 8.93. The zero-order chi connectivity index (χ0) is 26.6. The number of hydrogen-bond donors (Lipinski definition) is 3. The second kappa shape index (κ2) is 9.75. The van der Waals surface area contributed by atoms with Crippen LogP contribution < -0.4 is 16.0 Å². The number of amides is 2. The van der Waals surface area contributed by atoms with Gasteiger partial charge in [0.25, 0.3) is 12.3 Å². The molecule has 0 spiro atoms. The first-order valence-electron chi connectivity index (χ1n) is 13.0. The molecule has 13 heteroatoms. The average molecular weight is 545 g/mol. The van der Waals surface area contributed by atoms with Gasteiger partial charge in [0, 0.05) is 36.5 Å². The van der Waals surface area contributed by atoms with E-state index < -0.39 is 6.43 Å². The SMILES string of the molecule is CC1CC1C(=O)Nc1sc2c(c1C(=O)NCC1CC1)CC(n1cnnc1Nc1cc(C(F)F)nn1C)CC2. The van der Waals surface area contributed by atoms with E-state index in [-0.39, 0.29) is 29.5 Å². The summed E-state index contributed by atoms with van der Waals surface area (Å²) in [6.07, 6.45) is 4.16. The van der Waals surface area contributed by atoms with Gasteiger partial charge >= 0.3 is 0 Å². The monoisotopic (exact) mass is 544 g/mol. The maximum atomic E-state index is 13.4. The first-order chi connectivity index (χ1) is 18.3. The summed E-state index contributed by atoms with van der Waals surface area (Å²) in [4.78, 5) is 27.3. The summed E-state index contributed by atoms with van der Waals surface area (Å²) in [5.41, 5.74) is 1.19. The normalized spacial score (nSPS) is 22.3. The quantitative estimate of drug-likeness (QED) is 0.371. The number of thiophene rings is 1. The van der Waals surface area contributed by atoms with Crippen molar-refractivity contribution < 1.29 is 18.4 Å². The molecular formula is C25H30F2N8O2S. The third kappa shape index (κ3) is 4.91. The van der Waals surface area contributed by atoms with Crippen LogP contribution in [0.15, 0.2) is 12.4 Å². The molecule has 10 nitrogen and oxygen atoms in total. The van der Waals surface area contributed by atoms with E-state index in [4.69, 9.17) is 0 Å². The number of nitrogens with one attached hydrogen (secondary N) is 3. The van der Waals surface area contributed by atoms with Crippen LogP contribution in [-0.4, -0.2) is 42.9 Å². The molecule has 0 radical (unpaired) electrons. The molecule has 2 amide bonds. The summed E-state index contributed by atoms with van der Waals surface area (Å²) >= 11 is 1.50. The lowest BCUT2D eigenvalue weighted by atomic mass is 9.91. The van der Waals surface area contributed by atoms with E-state index in [1.54, 1.807) is 13.4 Å². The van der Waals surface area contributed by atoms with Crippen LogP contribution in [0.2, 0.25) is 0 Å². The fourth-order valence-corrected chi connectivity index (χ4v) is 6.34. The highest BCUT2D eigenvalue weighted by molar-refractivity contribution is 7.17. The Morgan fingerprint density at radius 1 is 1.26 bits per heavy atom. The lowest BCUT2D eigenvalue weighted by Gasteiger charge is -2.25. The van der Waals surface area contributed by atoms with Crippen molar-refractivity contribution in [1.29, 1.82) is 0 Å². The van der Waals surface area contributed by atoms with E-state index in [1.807, 2.05) is 4.57 Å². The Bertz CT molecular complexity index is 1380. The Morgan fingerprint density at radius 3 is 2.74 bits per heavy atom. The van der Waals surface area contributed by atoms with Crippen LogP contribution >= 0.6 is 11.3 Å². The molecule has 202 valence electrons. The van der Waals surface area contributed by atoms with E-state index in [9.17, 15) is 18.4 Å². The second-order valence-corrected chi connectivity index (χ2v) is 11.7. The van der Waals surface area contributed by atoms with Gasteiger partial charge in [0.05, 0.1) is 5.56 Å². The summed E-state index contributed by atoms with van der Waals surface area (Å²) in [5.74, 6) is 1.54. The predicted molar refractivity (Wildman–Crippen MR) is 138 cm³/mol. The Balaban J connectivity index is 1.26. The lowest BCUT2D eigenvalue weighted by Crippen LogP contribution is -2.28. The van der Waals surface area contributed by atoms with Gasteiger partial charge in [0.15, 0.2) is 0 Å². The topological polar surface area (TPSA) is 119 Å². The van der Waals surface area contributed by atoms with Crippen LogP contribution in [-0.2, 0) is 24.7 Å². The number of carbonyl (C=O) groups is 2. The first-order valence-corrected chi connectivity index (χ1v) is 13.8. The minimum absolute atomic E-state index is 0.00694. The maximum Gasteiger partial charge on any atom is 0.282 e. The summed E-state index contributed by atoms with van der Waals surface area (Å²) in [6, 6.07) is 1.24. The van der Waals surface area contributed by atoms with Crippen molar-refractivity contribution in [3.63, 3.8) is 0 Å². The summed E-state index contributed by atoms with van der Waals surface area (Å²) < 4.78 is 29.4. The Labute approximate surface area is 222 Å². The van der Waals surface area contributed by atoms with E-state index in [1.165, 1.54) is 22.1 Å². The van der Waals surface area contributed by atoms with Crippen LogP contribution in [0.3, 0.4) is 0 Å². The number of aromatic nitrogens is 5. The zero-order valence-corrected chi connectivity index (χ0v) is 22.0. The predicted octanol–water partition coefficient (Wildman–Crippen LogP) is 4.22. The van der Waals surface area contributed by atoms with E-state index in [2.05, 4.69) is 38.2 Å². The number of alkyl halides is 2. The largest absolute Gasteiger partial charge is 0.352 e. The average Bonchev–Trinajstić information content (AvgIpc) is 3.72. The molecule has 3 aliphatic rings. The molecule has 3 unspecified atom stereocenters. The molecule has 2 fully saturated rings. The molecule has 3 N–H and O–H groups in total. The van der Waals surface area contributed by atoms with Gasteiger partial charge in [0.1, 0.15) is 22.8 Å². The fraction of sp³-hybridized carbons (Fsp3) is 0.560. The molecule has 0 saturated heterocycles. The van der Waals surface area contributed by atoms with Gasteiger partial charge in [-0.25, -0.2) is 8.78 Å². The Hall–Kier alpha value is -3.35. The van der Waals surface area contributed by atoms with Crippen LogP contribution in [0.1, 0.15) is 71.6 Å². The standard InChI is InChI=1S/C25H30F2N8O2S/c1-12-7-15(12)22(36)31-24-20(23(37)28-10-13-3-4-13)16-8-14(5-6-18(16)38-24)35-11-29-32-25(35)30-19-9-17(21(26)27)33-34(19)2/h9,11-15,21H,3-8,10H2,1-2H3,(H,28,37)(H,30,32)(H,31,36). The number of carbonyl (C=O) groups excluding carboxylic acids is 2. The Kier molecular flexibility index (Phi) is 6.40. The number of anilines is 3. The van der Waals surface area contributed by atoms with Gasteiger partial charge in [-0.2, -0.15) is 5.10 Å². The summed E-state index contributed by atoms with van der Waals surface area (Å²) in [5, 5.41) is 21.9. The molecule has 3 heterocycles. The molecule has 3 aliphatic carbocycles. The number of fused-ring (bicyclic) bond motifs is 1. The van der Waals surface area contributed by atoms with Gasteiger partial charge in [-0.3, -0.25) is 18.8 Å². The van der Waals surface area contributed by atoms with Gasteiger partial charge in [-0.1, -0.05) is 6.92 Å². The summed E-state index contributed by atoms with van der Waals surface area (Å²) in [7, 11) is 1.58. The van der Waals surface area contributed by atoms with Crippen LogP contribution in [0.5, 0.6) is 0 Å². The van der Waals surface area contributed by atoms with Crippen molar-refractivity contribution in [2.75, 3.05) is 17.2 Å². The van der Waals surface area contributed by atoms with Crippen molar-refractivity contribution in [3.8, 4) is 0 Å². The first kappa shape index (κ1) is 25.0. The number of rotatable bonds is 9. The highest BCUT2D eigenvalue weighted by Crippen LogP contribution is 2.44. The van der Waals surface area contributed by atoms with Crippen LogP contribution in [0.4, 0.5) is 25.5 Å². The highest BCUT2D eigenvalue weighted by Gasteiger charge is 2.40. The molecule has 0 bridgehead atoms. The third-order valence-electron chi connectivity index (χ3n) is 7.72. The molecule has 3 aromatic heterocycles. The lowest BCUT2D eigenvalue weighted by molar-refractivity contribution is -0.117. The molecular weight excluding hydrogens is 514 g/mol. The molecule has 3 atom stereocenters. The molecule has 3 aromatic rings. The van der Waals surface area contributed by atoms with Crippen LogP contribution in [0.25, 0.3) is 0 Å². The number of aryl methyl sites for hydroxylation is 2. The molecule has 0 aliphatic heterocycles. The molecule has 2 saturated carbocycles. The highest BCUT2D eigenvalue weighted by atomic mass is 32.1.